The van der Waals surface area contributed by atoms with Gasteiger partial charge in [-0.2, -0.15) is 10.2 Å². The molecule has 1 unspecified atom stereocenters. The molecule has 1 atom stereocenters. The highest BCUT2D eigenvalue weighted by atomic mass is 16.5. The summed E-state index contributed by atoms with van der Waals surface area (Å²) in [6.07, 6.45) is 10.2. The van der Waals surface area contributed by atoms with Crippen molar-refractivity contribution in [3.63, 3.8) is 0 Å². The second kappa shape index (κ2) is 7.76. The van der Waals surface area contributed by atoms with Crippen LogP contribution in [-0.2, 0) is 16.6 Å². The van der Waals surface area contributed by atoms with Gasteiger partial charge < -0.3 is 10.1 Å². The molecule has 4 aromatic rings. The highest BCUT2D eigenvalue weighted by Crippen LogP contribution is 2.27. The van der Waals surface area contributed by atoms with Crippen molar-refractivity contribution in [3.05, 3.63) is 60.4 Å². The predicted octanol–water partition coefficient (Wildman–Crippen LogP) is 4.27. The van der Waals surface area contributed by atoms with Crippen LogP contribution in [0.3, 0.4) is 0 Å². The van der Waals surface area contributed by atoms with Crippen molar-refractivity contribution in [2.24, 2.45) is 7.05 Å². The third-order valence-electron chi connectivity index (χ3n) is 5.50. The zero-order chi connectivity index (χ0) is 20.5. The van der Waals surface area contributed by atoms with Gasteiger partial charge in [-0.1, -0.05) is 24.3 Å². The summed E-state index contributed by atoms with van der Waals surface area (Å²) < 4.78 is 9.60. The number of anilines is 1. The van der Waals surface area contributed by atoms with E-state index in [0.29, 0.717) is 0 Å². The normalized spacial score (nSPS) is 17.2. The maximum atomic E-state index is 12.5. The molecule has 2 aromatic carbocycles. The minimum Gasteiger partial charge on any atom is -0.356 e. The largest absolute Gasteiger partial charge is 0.356 e. The lowest BCUT2D eigenvalue weighted by atomic mass is 10.1. The average Bonchev–Trinajstić information content (AvgIpc) is 3.37. The molecule has 152 valence electrons. The van der Waals surface area contributed by atoms with Crippen LogP contribution in [-0.4, -0.2) is 32.1 Å². The number of nitrogens with zero attached hydrogens (tertiary/aromatic N) is 4. The Morgan fingerprint density at radius 2 is 2.07 bits per heavy atom. The monoisotopic (exact) mass is 401 g/mol. The first-order chi connectivity index (χ1) is 14.7. The van der Waals surface area contributed by atoms with Gasteiger partial charge in [-0.05, 0) is 43.0 Å². The highest BCUT2D eigenvalue weighted by Gasteiger charge is 2.18. The molecular formula is C23H23N5O2. The fourth-order valence-electron chi connectivity index (χ4n) is 3.99. The van der Waals surface area contributed by atoms with Crippen LogP contribution in [0.5, 0.6) is 0 Å². The Labute approximate surface area is 173 Å². The summed E-state index contributed by atoms with van der Waals surface area (Å²) in [5.41, 5.74) is 3.60. The topological polar surface area (TPSA) is 74.0 Å². The van der Waals surface area contributed by atoms with Gasteiger partial charge in [0.25, 0.3) is 0 Å². The zero-order valence-electron chi connectivity index (χ0n) is 16.8. The fraction of sp³-hybridized carbons (Fsp3) is 0.261. The molecule has 5 rings (SSSR count). The number of rotatable bonds is 4. The van der Waals surface area contributed by atoms with E-state index in [4.69, 9.17) is 4.74 Å². The molecule has 0 saturated carbocycles. The summed E-state index contributed by atoms with van der Waals surface area (Å²) in [4.78, 5) is 12.5. The molecular weight excluding hydrogens is 378 g/mol. The van der Waals surface area contributed by atoms with Crippen molar-refractivity contribution in [2.45, 2.75) is 25.5 Å². The van der Waals surface area contributed by atoms with Crippen LogP contribution in [0.4, 0.5) is 5.69 Å². The molecule has 1 aliphatic heterocycles. The summed E-state index contributed by atoms with van der Waals surface area (Å²) in [5.74, 6) is -0.187. The van der Waals surface area contributed by atoms with Gasteiger partial charge >= 0.3 is 0 Å². The first-order valence-electron chi connectivity index (χ1n) is 10.2. The third kappa shape index (κ3) is 3.48. The van der Waals surface area contributed by atoms with Crippen LogP contribution in [0.1, 0.15) is 31.1 Å². The second-order valence-electron chi connectivity index (χ2n) is 7.56. The smallest absolute Gasteiger partial charge is 0.248 e. The van der Waals surface area contributed by atoms with Gasteiger partial charge in [0, 0.05) is 30.5 Å². The molecule has 1 aliphatic rings. The minimum atomic E-state index is -0.187. The molecule has 7 heteroatoms. The van der Waals surface area contributed by atoms with E-state index in [1.165, 1.54) is 0 Å². The van der Waals surface area contributed by atoms with Crippen LogP contribution in [0.15, 0.2) is 54.9 Å². The minimum absolute atomic E-state index is 0.0156. The number of fused-ring (bicyclic) bond motifs is 2. The number of hydrogen-bond acceptors (Lipinski definition) is 4. The SMILES string of the molecule is Cn1ncc2cccc(NC(=O)/C=C/c3ccc4cnn(C5CCCCO5)c4c3)c21. The number of ether oxygens (including phenoxy) is 1. The van der Waals surface area contributed by atoms with Gasteiger partial charge in [-0.3, -0.25) is 9.48 Å². The lowest BCUT2D eigenvalue weighted by Gasteiger charge is -2.23. The Morgan fingerprint density at radius 1 is 1.17 bits per heavy atom. The van der Waals surface area contributed by atoms with Crippen molar-refractivity contribution in [1.82, 2.24) is 19.6 Å². The molecule has 2 aromatic heterocycles. The maximum Gasteiger partial charge on any atom is 0.248 e. The maximum absolute atomic E-state index is 12.5. The van der Waals surface area contributed by atoms with Gasteiger partial charge in [0.2, 0.25) is 5.91 Å². The van der Waals surface area contributed by atoms with Crippen molar-refractivity contribution in [2.75, 3.05) is 11.9 Å². The number of aromatic nitrogens is 4. The number of nitrogens with one attached hydrogen (secondary N) is 1. The lowest BCUT2D eigenvalue weighted by Crippen LogP contribution is -2.18. The molecule has 3 heterocycles. The summed E-state index contributed by atoms with van der Waals surface area (Å²) in [7, 11) is 1.86. The molecule has 0 bridgehead atoms. The zero-order valence-corrected chi connectivity index (χ0v) is 16.8. The fourth-order valence-corrected chi connectivity index (χ4v) is 3.99. The molecule has 1 fully saturated rings. The van der Waals surface area contributed by atoms with E-state index in [2.05, 4.69) is 15.5 Å². The Kier molecular flexibility index (Phi) is 4.80. The van der Waals surface area contributed by atoms with Gasteiger partial charge in [0.05, 0.1) is 29.1 Å². The van der Waals surface area contributed by atoms with Crippen LogP contribution < -0.4 is 5.32 Å². The third-order valence-corrected chi connectivity index (χ3v) is 5.50. The number of amides is 1. The summed E-state index contributed by atoms with van der Waals surface area (Å²) in [5, 5.41) is 13.8. The molecule has 7 nitrogen and oxygen atoms in total. The van der Waals surface area contributed by atoms with Gasteiger partial charge in [-0.15, -0.1) is 0 Å². The summed E-state index contributed by atoms with van der Waals surface area (Å²) in [6.45, 7) is 0.773. The Balaban J connectivity index is 1.36. The number of hydrogen-bond donors (Lipinski definition) is 1. The number of carbonyl (C=O) groups is 1. The molecule has 0 spiro atoms. The average molecular weight is 401 g/mol. The van der Waals surface area contributed by atoms with E-state index in [-0.39, 0.29) is 12.1 Å². The van der Waals surface area contributed by atoms with Crippen molar-refractivity contribution < 1.29 is 9.53 Å². The molecule has 1 N–H and O–H groups in total. The van der Waals surface area contributed by atoms with Crippen LogP contribution >= 0.6 is 0 Å². The Hall–Kier alpha value is -3.45. The number of para-hydroxylation sites is 1. The molecule has 1 saturated heterocycles. The Bertz CT molecular complexity index is 1250. The van der Waals surface area contributed by atoms with Gasteiger partial charge in [-0.25, -0.2) is 4.68 Å². The quantitative estimate of drug-likeness (QED) is 0.518. The van der Waals surface area contributed by atoms with E-state index in [9.17, 15) is 4.79 Å². The van der Waals surface area contributed by atoms with Gasteiger partial charge in [0.1, 0.15) is 0 Å². The molecule has 0 radical (unpaired) electrons. The molecule has 0 aliphatic carbocycles. The van der Waals surface area contributed by atoms with E-state index >= 15 is 0 Å². The summed E-state index contributed by atoms with van der Waals surface area (Å²) >= 11 is 0. The van der Waals surface area contributed by atoms with Crippen LogP contribution in [0, 0.1) is 0 Å². The standard InChI is InChI=1S/C23H23N5O2/c1-27-23-18(15-24-27)5-4-6-19(23)26-21(29)11-9-16-8-10-17-14-25-28(20(17)13-16)22-7-2-3-12-30-22/h4-6,8-11,13-15,22H,2-3,7,12H2,1H3,(H,26,29)/b11-9+. The lowest BCUT2D eigenvalue weighted by molar-refractivity contribution is -0.111. The van der Waals surface area contributed by atoms with E-state index in [0.717, 1.165) is 58.9 Å². The van der Waals surface area contributed by atoms with Gasteiger partial charge in [0.15, 0.2) is 6.23 Å². The number of aryl methyl sites for hydroxylation is 1. The predicted molar refractivity (Wildman–Crippen MR) is 117 cm³/mol. The van der Waals surface area contributed by atoms with E-state index in [1.807, 2.05) is 60.4 Å². The molecule has 30 heavy (non-hydrogen) atoms. The molecule has 1 amide bonds. The van der Waals surface area contributed by atoms with E-state index in [1.54, 1.807) is 17.0 Å². The first-order valence-corrected chi connectivity index (χ1v) is 10.2. The second-order valence-corrected chi connectivity index (χ2v) is 7.56. The number of carbonyl (C=O) groups excluding carboxylic acids is 1. The highest BCUT2D eigenvalue weighted by molar-refractivity contribution is 6.06. The van der Waals surface area contributed by atoms with E-state index < -0.39 is 0 Å². The van der Waals surface area contributed by atoms with Crippen molar-refractivity contribution in [1.29, 1.82) is 0 Å². The summed E-state index contributed by atoms with van der Waals surface area (Å²) in [6, 6.07) is 11.8. The van der Waals surface area contributed by atoms with Crippen molar-refractivity contribution in [3.8, 4) is 0 Å². The first kappa shape index (κ1) is 18.6. The van der Waals surface area contributed by atoms with Crippen LogP contribution in [0.2, 0.25) is 0 Å². The Morgan fingerprint density at radius 3 is 2.93 bits per heavy atom. The number of benzene rings is 2. The van der Waals surface area contributed by atoms with Crippen molar-refractivity contribution >= 4 is 39.5 Å². The van der Waals surface area contributed by atoms with Crippen LogP contribution in [0.25, 0.3) is 27.9 Å².